The van der Waals surface area contributed by atoms with E-state index in [1.807, 2.05) is 13.8 Å². The molecular weight excluding hydrogens is 192 g/mol. The van der Waals surface area contributed by atoms with Gasteiger partial charge in [0.05, 0.1) is 18.5 Å². The van der Waals surface area contributed by atoms with Crippen molar-refractivity contribution in [3.8, 4) is 0 Å². The maximum atomic E-state index is 9.20. The summed E-state index contributed by atoms with van der Waals surface area (Å²) in [6, 6.07) is 0. The van der Waals surface area contributed by atoms with Crippen LogP contribution in [0.1, 0.15) is 20.8 Å². The van der Waals surface area contributed by atoms with E-state index in [1.54, 1.807) is 6.92 Å². The standard InChI is InChI=1S/C12H20O3/c1-7(2)11-9(5)15-10(6-13)12(11)14-8(3)4/h9-13H,1,3,6H2,2,4-5H3/t9-,10?,11-,12+/m0/s1. The van der Waals surface area contributed by atoms with Gasteiger partial charge in [0.1, 0.15) is 12.2 Å². The van der Waals surface area contributed by atoms with E-state index in [0.29, 0.717) is 5.76 Å². The van der Waals surface area contributed by atoms with E-state index in [-0.39, 0.29) is 30.8 Å². The van der Waals surface area contributed by atoms with E-state index in [9.17, 15) is 5.11 Å². The van der Waals surface area contributed by atoms with E-state index in [0.717, 1.165) is 5.57 Å². The van der Waals surface area contributed by atoms with Gasteiger partial charge in [0.25, 0.3) is 0 Å². The molecule has 1 aliphatic rings. The van der Waals surface area contributed by atoms with Crippen LogP contribution in [0, 0.1) is 5.92 Å². The van der Waals surface area contributed by atoms with Crippen LogP contribution in [0.4, 0.5) is 0 Å². The lowest BCUT2D eigenvalue weighted by Gasteiger charge is -2.24. The van der Waals surface area contributed by atoms with Gasteiger partial charge in [0.15, 0.2) is 0 Å². The largest absolute Gasteiger partial charge is 0.492 e. The Morgan fingerprint density at radius 3 is 2.40 bits per heavy atom. The Morgan fingerprint density at radius 1 is 1.40 bits per heavy atom. The summed E-state index contributed by atoms with van der Waals surface area (Å²) in [6.07, 6.45) is -0.414. The van der Waals surface area contributed by atoms with E-state index >= 15 is 0 Å². The van der Waals surface area contributed by atoms with Crippen molar-refractivity contribution in [1.29, 1.82) is 0 Å². The molecule has 1 fully saturated rings. The van der Waals surface area contributed by atoms with Gasteiger partial charge in [-0.2, -0.15) is 0 Å². The molecule has 1 N–H and O–H groups in total. The van der Waals surface area contributed by atoms with Gasteiger partial charge in [-0.05, 0) is 20.8 Å². The van der Waals surface area contributed by atoms with E-state index in [1.165, 1.54) is 0 Å². The fraction of sp³-hybridized carbons (Fsp3) is 0.667. The molecule has 0 aromatic rings. The van der Waals surface area contributed by atoms with Gasteiger partial charge in [-0.1, -0.05) is 18.7 Å². The second kappa shape index (κ2) is 4.81. The molecular formula is C12H20O3. The number of aliphatic hydroxyl groups excluding tert-OH is 1. The van der Waals surface area contributed by atoms with E-state index in [2.05, 4.69) is 13.2 Å². The Hall–Kier alpha value is -0.800. The van der Waals surface area contributed by atoms with Crippen LogP contribution < -0.4 is 0 Å². The highest BCUT2D eigenvalue weighted by molar-refractivity contribution is 5.08. The first kappa shape index (κ1) is 12.3. The highest BCUT2D eigenvalue weighted by Gasteiger charge is 2.43. The van der Waals surface area contributed by atoms with Crippen molar-refractivity contribution in [2.24, 2.45) is 5.92 Å². The summed E-state index contributed by atoms with van der Waals surface area (Å²) in [5.74, 6) is 0.765. The monoisotopic (exact) mass is 212 g/mol. The molecule has 3 nitrogen and oxygen atoms in total. The normalized spacial score (nSPS) is 35.2. The van der Waals surface area contributed by atoms with E-state index < -0.39 is 0 Å². The topological polar surface area (TPSA) is 38.7 Å². The minimum atomic E-state index is -0.279. The lowest BCUT2D eigenvalue weighted by atomic mass is 9.91. The van der Waals surface area contributed by atoms with Crippen molar-refractivity contribution in [1.82, 2.24) is 0 Å². The zero-order valence-corrected chi connectivity index (χ0v) is 9.69. The zero-order valence-electron chi connectivity index (χ0n) is 9.69. The van der Waals surface area contributed by atoms with E-state index in [4.69, 9.17) is 9.47 Å². The van der Waals surface area contributed by atoms with Crippen LogP contribution in [0.3, 0.4) is 0 Å². The summed E-state index contributed by atoms with van der Waals surface area (Å²) in [5.41, 5.74) is 1.02. The molecule has 0 amide bonds. The summed E-state index contributed by atoms with van der Waals surface area (Å²) in [6.45, 7) is 13.4. The summed E-state index contributed by atoms with van der Waals surface area (Å²) in [4.78, 5) is 0. The van der Waals surface area contributed by atoms with Gasteiger partial charge in [0.2, 0.25) is 0 Å². The lowest BCUT2D eigenvalue weighted by molar-refractivity contribution is -0.0263. The predicted molar refractivity (Wildman–Crippen MR) is 59.4 cm³/mol. The van der Waals surface area contributed by atoms with Gasteiger partial charge in [-0.3, -0.25) is 0 Å². The molecule has 15 heavy (non-hydrogen) atoms. The number of hydrogen-bond acceptors (Lipinski definition) is 3. The summed E-state index contributed by atoms with van der Waals surface area (Å²) in [5, 5.41) is 9.20. The van der Waals surface area contributed by atoms with Crippen molar-refractivity contribution >= 4 is 0 Å². The minimum absolute atomic E-state index is 0.0315. The minimum Gasteiger partial charge on any atom is -0.492 e. The van der Waals surface area contributed by atoms with Gasteiger partial charge < -0.3 is 14.6 Å². The molecule has 0 aliphatic carbocycles. The van der Waals surface area contributed by atoms with Crippen molar-refractivity contribution in [2.45, 2.75) is 39.1 Å². The number of hydrogen-bond donors (Lipinski definition) is 1. The average Bonchev–Trinajstić information content (AvgIpc) is 2.41. The van der Waals surface area contributed by atoms with Gasteiger partial charge in [-0.25, -0.2) is 0 Å². The fourth-order valence-electron chi connectivity index (χ4n) is 2.15. The second-order valence-electron chi connectivity index (χ2n) is 4.22. The maximum absolute atomic E-state index is 9.20. The number of aliphatic hydroxyl groups is 1. The molecule has 0 aromatic heterocycles. The van der Waals surface area contributed by atoms with Crippen LogP contribution in [-0.4, -0.2) is 30.0 Å². The van der Waals surface area contributed by atoms with Crippen LogP contribution in [-0.2, 0) is 9.47 Å². The molecule has 1 saturated heterocycles. The average molecular weight is 212 g/mol. The van der Waals surface area contributed by atoms with Crippen molar-refractivity contribution < 1.29 is 14.6 Å². The zero-order chi connectivity index (χ0) is 11.6. The van der Waals surface area contributed by atoms with Crippen LogP contribution in [0.2, 0.25) is 0 Å². The van der Waals surface area contributed by atoms with Crippen LogP contribution in [0.25, 0.3) is 0 Å². The molecule has 1 aliphatic heterocycles. The van der Waals surface area contributed by atoms with Crippen LogP contribution in [0.5, 0.6) is 0 Å². The van der Waals surface area contributed by atoms with Gasteiger partial charge in [-0.15, -0.1) is 0 Å². The smallest absolute Gasteiger partial charge is 0.135 e. The SMILES string of the molecule is C=C(C)O[C@@H]1C(CO)O[C@@H](C)[C@@H]1C(=C)C. The molecule has 0 bridgehead atoms. The molecule has 0 saturated carbocycles. The molecule has 1 unspecified atom stereocenters. The molecule has 4 atom stereocenters. The Labute approximate surface area is 91.4 Å². The highest BCUT2D eigenvalue weighted by atomic mass is 16.6. The Kier molecular flexibility index (Phi) is 3.94. The first-order valence-electron chi connectivity index (χ1n) is 5.21. The molecule has 0 spiro atoms. The first-order chi connectivity index (χ1) is 6.97. The molecule has 86 valence electrons. The summed E-state index contributed by atoms with van der Waals surface area (Å²) < 4.78 is 11.2. The summed E-state index contributed by atoms with van der Waals surface area (Å²) in [7, 11) is 0. The molecule has 1 heterocycles. The highest BCUT2D eigenvalue weighted by Crippen LogP contribution is 2.34. The maximum Gasteiger partial charge on any atom is 0.135 e. The quantitative estimate of drug-likeness (QED) is 0.571. The number of rotatable bonds is 4. The molecule has 3 heteroatoms. The Morgan fingerprint density at radius 2 is 2.00 bits per heavy atom. The predicted octanol–water partition coefficient (Wildman–Crippen LogP) is 1.88. The van der Waals surface area contributed by atoms with Gasteiger partial charge in [0, 0.05) is 5.92 Å². The number of allylic oxidation sites excluding steroid dienone is 1. The molecule has 1 rings (SSSR count). The van der Waals surface area contributed by atoms with Crippen LogP contribution >= 0.6 is 0 Å². The summed E-state index contributed by atoms with van der Waals surface area (Å²) >= 11 is 0. The first-order valence-corrected chi connectivity index (χ1v) is 5.21. The van der Waals surface area contributed by atoms with Crippen molar-refractivity contribution in [2.75, 3.05) is 6.61 Å². The molecule has 0 radical (unpaired) electrons. The molecule has 0 aromatic carbocycles. The lowest BCUT2D eigenvalue weighted by Crippen LogP contribution is -2.32. The third-order valence-corrected chi connectivity index (χ3v) is 2.70. The Balaban J connectivity index is 2.82. The second-order valence-corrected chi connectivity index (χ2v) is 4.22. The fourth-order valence-corrected chi connectivity index (χ4v) is 2.15. The van der Waals surface area contributed by atoms with Gasteiger partial charge >= 0.3 is 0 Å². The van der Waals surface area contributed by atoms with Crippen LogP contribution in [0.15, 0.2) is 24.5 Å². The van der Waals surface area contributed by atoms with Crippen molar-refractivity contribution in [3.05, 3.63) is 24.5 Å². The number of ether oxygens (including phenoxy) is 2. The van der Waals surface area contributed by atoms with Crippen molar-refractivity contribution in [3.63, 3.8) is 0 Å². The third-order valence-electron chi connectivity index (χ3n) is 2.70. The Bertz CT molecular complexity index is 260. The third kappa shape index (κ3) is 2.61.